The maximum atomic E-state index is 12.7. The van der Waals surface area contributed by atoms with Crippen molar-refractivity contribution in [2.24, 2.45) is 16.9 Å². The smallest absolute Gasteiger partial charge is 0.353 e. The molecule has 0 fully saturated rings. The highest BCUT2D eigenvalue weighted by atomic mass is 35.5. The molecule has 1 aromatic carbocycles. The number of nitrogens with two attached hydrogens (primary N) is 1. The summed E-state index contributed by atoms with van der Waals surface area (Å²) < 4.78 is 16.4. The molecule has 0 radical (unpaired) electrons. The molecule has 12 heteroatoms. The number of halogens is 2. The molecule has 2 unspecified atom stereocenters. The Balaban J connectivity index is 1.58. The van der Waals surface area contributed by atoms with Crippen molar-refractivity contribution < 1.29 is 23.8 Å². The minimum absolute atomic E-state index is 0.0277. The van der Waals surface area contributed by atoms with Crippen molar-refractivity contribution in [1.82, 2.24) is 10.4 Å². The van der Waals surface area contributed by atoms with Gasteiger partial charge in [0.25, 0.3) is 5.23 Å². The van der Waals surface area contributed by atoms with Gasteiger partial charge in [0.05, 0.1) is 21.5 Å². The predicted octanol–water partition coefficient (Wildman–Crippen LogP) is 5.02. The molecule has 0 saturated carbocycles. The zero-order chi connectivity index (χ0) is 24.1. The average Bonchev–Trinajstić information content (AvgIpc) is 3.28. The molecule has 178 valence electrons. The van der Waals surface area contributed by atoms with Crippen LogP contribution in [0, 0.1) is 5.92 Å². The lowest BCUT2D eigenvalue weighted by atomic mass is 9.92. The van der Waals surface area contributed by atoms with E-state index in [1.165, 1.54) is 42.6 Å². The number of esters is 1. The Morgan fingerprint density at radius 2 is 2.18 bits per heavy atom. The second-order valence-electron chi connectivity index (χ2n) is 7.34. The molecule has 3 aliphatic rings. The summed E-state index contributed by atoms with van der Waals surface area (Å²) in [5.41, 5.74) is 3.43. The number of carbonyl (C=O) groups excluding carboxylic acids is 2. The molecule has 2 amide bonds. The molecule has 2 aliphatic heterocycles. The number of hydrogen-bond acceptors (Lipinski definition) is 8. The molecule has 0 saturated heterocycles. The number of hydrazine groups is 1. The lowest BCUT2D eigenvalue weighted by molar-refractivity contribution is 0.0720. The van der Waals surface area contributed by atoms with E-state index < -0.39 is 17.4 Å². The van der Waals surface area contributed by atoms with Gasteiger partial charge in [-0.25, -0.2) is 15.4 Å². The zero-order valence-corrected chi connectivity index (χ0v) is 20.0. The summed E-state index contributed by atoms with van der Waals surface area (Å²) in [7, 11) is 0. The highest BCUT2D eigenvalue weighted by Crippen LogP contribution is 2.41. The van der Waals surface area contributed by atoms with Crippen LogP contribution in [0.2, 0.25) is 10.0 Å². The third-order valence-electron chi connectivity index (χ3n) is 5.13. The summed E-state index contributed by atoms with van der Waals surface area (Å²) in [5.74, 6) is 4.81. The number of hydrogen-bond donors (Lipinski definition) is 2. The van der Waals surface area contributed by atoms with Crippen LogP contribution >= 0.6 is 35.0 Å². The lowest BCUT2D eigenvalue weighted by Crippen LogP contribution is -2.46. The lowest BCUT2D eigenvalue weighted by Gasteiger charge is -2.30. The van der Waals surface area contributed by atoms with Crippen molar-refractivity contribution in [1.29, 1.82) is 0 Å². The second-order valence-corrected chi connectivity index (χ2v) is 9.22. The van der Waals surface area contributed by atoms with Crippen LogP contribution in [0.25, 0.3) is 0 Å². The van der Waals surface area contributed by atoms with Gasteiger partial charge in [-0.1, -0.05) is 47.0 Å². The van der Waals surface area contributed by atoms with Crippen molar-refractivity contribution in [2.45, 2.75) is 24.6 Å². The normalized spacial score (nSPS) is 19.9. The van der Waals surface area contributed by atoms with Crippen LogP contribution in [-0.4, -0.2) is 27.6 Å². The van der Waals surface area contributed by atoms with Gasteiger partial charge in [0.15, 0.2) is 0 Å². The standard InChI is InChI=1S/C22H20Cl2N4O5S/c23-16-7-6-14(11-17(16)24)20(29)33-22-27-28(21(30)26-25)19(34-22)15(18-12-31-8-9-32-18)10-13-4-2-1-3-5-13/h1-2,4,6-9,11-12,15,19H,3,5,10,25H2,(H,26,30). The molecule has 3 N–H and O–H groups in total. The Kier molecular flexibility index (Phi) is 7.84. The summed E-state index contributed by atoms with van der Waals surface area (Å²) >= 11 is 13.0. The average molecular weight is 523 g/mol. The van der Waals surface area contributed by atoms with Gasteiger partial charge in [0, 0.05) is 0 Å². The van der Waals surface area contributed by atoms with Crippen LogP contribution in [0.1, 0.15) is 29.6 Å². The molecule has 4 rings (SSSR count). The maximum Gasteiger partial charge on any atom is 0.353 e. The van der Waals surface area contributed by atoms with Crippen LogP contribution in [0.4, 0.5) is 4.79 Å². The number of nitrogens with zero attached hydrogens (tertiary/aromatic N) is 2. The minimum atomic E-state index is -0.699. The van der Waals surface area contributed by atoms with Gasteiger partial charge in [-0.2, -0.15) is 5.01 Å². The SMILES string of the molecule is NNC(=O)N1N=C(OC(=O)c2ccc(Cl)c(Cl)c2)SC1C(CC1=CC=CCC1)C1=COC=CO1. The summed E-state index contributed by atoms with van der Waals surface area (Å²) in [4.78, 5) is 25.2. The number of benzene rings is 1. The van der Waals surface area contributed by atoms with Gasteiger partial charge in [0.2, 0.25) is 0 Å². The van der Waals surface area contributed by atoms with Gasteiger partial charge in [0.1, 0.15) is 29.9 Å². The first-order chi connectivity index (χ1) is 16.5. The highest BCUT2D eigenvalue weighted by Gasteiger charge is 2.42. The van der Waals surface area contributed by atoms with Gasteiger partial charge in [-0.05, 0) is 49.2 Å². The third kappa shape index (κ3) is 5.58. The van der Waals surface area contributed by atoms with E-state index in [9.17, 15) is 9.59 Å². The number of nitrogens with one attached hydrogen (secondary N) is 1. The van der Waals surface area contributed by atoms with E-state index in [4.69, 9.17) is 43.3 Å². The Hall–Kier alpha value is -2.92. The molecule has 0 bridgehead atoms. The highest BCUT2D eigenvalue weighted by molar-refractivity contribution is 8.14. The molecule has 9 nitrogen and oxygen atoms in total. The van der Waals surface area contributed by atoms with Crippen molar-refractivity contribution in [3.63, 3.8) is 0 Å². The molecule has 0 spiro atoms. The molecule has 34 heavy (non-hydrogen) atoms. The molecule has 2 heterocycles. The topological polar surface area (TPSA) is 115 Å². The quantitative estimate of drug-likeness (QED) is 0.241. The summed E-state index contributed by atoms with van der Waals surface area (Å²) in [6, 6.07) is 3.69. The van der Waals surface area contributed by atoms with Gasteiger partial charge >= 0.3 is 12.0 Å². The Morgan fingerprint density at radius 1 is 1.32 bits per heavy atom. The van der Waals surface area contributed by atoms with Crippen LogP contribution < -0.4 is 11.3 Å². The van der Waals surface area contributed by atoms with Crippen molar-refractivity contribution in [3.05, 3.63) is 82.2 Å². The second kappa shape index (κ2) is 11.0. The van der Waals surface area contributed by atoms with Crippen molar-refractivity contribution in [3.8, 4) is 0 Å². The molecular weight excluding hydrogens is 503 g/mol. The van der Waals surface area contributed by atoms with E-state index in [0.29, 0.717) is 17.2 Å². The summed E-state index contributed by atoms with van der Waals surface area (Å²) in [6.07, 6.45) is 12.8. The maximum absolute atomic E-state index is 12.7. The van der Waals surface area contributed by atoms with E-state index in [2.05, 4.69) is 16.6 Å². The van der Waals surface area contributed by atoms with Crippen LogP contribution in [0.15, 0.2) is 71.6 Å². The van der Waals surface area contributed by atoms with E-state index in [0.717, 1.165) is 29.6 Å². The number of ether oxygens (including phenoxy) is 3. The fourth-order valence-corrected chi connectivity index (χ4v) is 4.90. The fraction of sp³-hybridized carbons (Fsp3) is 0.227. The molecular formula is C22H20Cl2N4O5S. The number of carbonyl (C=O) groups is 2. The van der Waals surface area contributed by atoms with Crippen molar-refractivity contribution >= 4 is 52.2 Å². The number of amides is 2. The van der Waals surface area contributed by atoms with Crippen molar-refractivity contribution in [2.75, 3.05) is 0 Å². The Labute approximate surface area is 209 Å². The molecule has 2 atom stereocenters. The molecule has 0 aromatic heterocycles. The Morgan fingerprint density at radius 3 is 2.85 bits per heavy atom. The van der Waals surface area contributed by atoms with E-state index >= 15 is 0 Å². The number of urea groups is 1. The van der Waals surface area contributed by atoms with Crippen LogP contribution in [0.5, 0.6) is 0 Å². The number of thioether (sulfide) groups is 1. The summed E-state index contributed by atoms with van der Waals surface area (Å²) in [5, 5.41) is 5.19. The van der Waals surface area contributed by atoms with Crippen LogP contribution in [-0.2, 0) is 14.2 Å². The molecule has 1 aliphatic carbocycles. The first-order valence-corrected chi connectivity index (χ1v) is 11.8. The zero-order valence-electron chi connectivity index (χ0n) is 17.6. The van der Waals surface area contributed by atoms with Gasteiger partial charge < -0.3 is 14.2 Å². The van der Waals surface area contributed by atoms with Gasteiger partial charge in [-0.3, -0.25) is 5.43 Å². The predicted molar refractivity (Wildman–Crippen MR) is 129 cm³/mol. The first kappa shape index (κ1) is 24.2. The third-order valence-corrected chi connectivity index (χ3v) is 7.01. The van der Waals surface area contributed by atoms with E-state index in [-0.39, 0.29) is 21.7 Å². The largest absolute Gasteiger partial charge is 0.466 e. The first-order valence-electron chi connectivity index (χ1n) is 10.2. The number of rotatable bonds is 5. The number of allylic oxidation sites excluding steroid dienone is 4. The minimum Gasteiger partial charge on any atom is -0.466 e. The van der Waals surface area contributed by atoms with Crippen LogP contribution in [0.3, 0.4) is 0 Å². The summed E-state index contributed by atoms with van der Waals surface area (Å²) in [6.45, 7) is 0. The Bertz CT molecular complexity index is 1130. The molecule has 1 aromatic rings. The fourth-order valence-electron chi connectivity index (χ4n) is 3.50. The number of hydrazone groups is 1. The van der Waals surface area contributed by atoms with Gasteiger partial charge in [-0.15, -0.1) is 5.10 Å². The monoisotopic (exact) mass is 522 g/mol. The van der Waals surface area contributed by atoms with E-state index in [1.54, 1.807) is 0 Å². The van der Waals surface area contributed by atoms with E-state index in [1.807, 2.05) is 12.2 Å².